The zero-order valence-corrected chi connectivity index (χ0v) is 11.4. The van der Waals surface area contributed by atoms with Gasteiger partial charge in [-0.1, -0.05) is 12.1 Å². The van der Waals surface area contributed by atoms with Crippen LogP contribution in [0.5, 0.6) is 0 Å². The number of nitrogens with one attached hydrogen (secondary N) is 2. The predicted molar refractivity (Wildman–Crippen MR) is 84.3 cm³/mol. The molecule has 0 amide bonds. The summed E-state index contributed by atoms with van der Waals surface area (Å²) >= 11 is 0. The van der Waals surface area contributed by atoms with E-state index < -0.39 is 0 Å². The van der Waals surface area contributed by atoms with Crippen molar-refractivity contribution in [1.29, 1.82) is 0 Å². The van der Waals surface area contributed by atoms with Gasteiger partial charge < -0.3 is 10.2 Å². The van der Waals surface area contributed by atoms with Gasteiger partial charge >= 0.3 is 0 Å². The molecular weight excluding hydrogens is 276 g/mol. The first-order chi connectivity index (χ1) is 10.9. The maximum absolute atomic E-state index is 4.60. The van der Waals surface area contributed by atoms with Crippen molar-refractivity contribution in [2.75, 3.05) is 0 Å². The smallest absolute Gasteiger partial charge is 0.181 e. The molecule has 0 aliphatic rings. The van der Waals surface area contributed by atoms with Crippen molar-refractivity contribution in [3.8, 4) is 11.5 Å². The molecule has 2 N–H and O–H groups in total. The second kappa shape index (κ2) is 4.11. The van der Waals surface area contributed by atoms with Crippen molar-refractivity contribution in [2.45, 2.75) is 0 Å². The van der Waals surface area contributed by atoms with Crippen LogP contribution < -0.4 is 0 Å². The molecule has 0 spiro atoms. The zero-order chi connectivity index (χ0) is 14.5. The van der Waals surface area contributed by atoms with E-state index in [1.807, 2.05) is 42.6 Å². The number of hydrogen-bond acceptors (Lipinski definition) is 4. The average Bonchev–Trinajstić information content (AvgIpc) is 3.17. The van der Waals surface area contributed by atoms with Crippen molar-refractivity contribution in [2.24, 2.45) is 0 Å². The number of imidazole rings is 1. The first kappa shape index (κ1) is 11.4. The molecule has 3 heterocycles. The van der Waals surface area contributed by atoms with Crippen LogP contribution in [0.4, 0.5) is 0 Å². The van der Waals surface area contributed by atoms with Gasteiger partial charge in [0.2, 0.25) is 0 Å². The van der Waals surface area contributed by atoms with Gasteiger partial charge in [-0.3, -0.25) is 4.98 Å². The van der Waals surface area contributed by atoms with Crippen LogP contribution in [-0.2, 0) is 0 Å². The Morgan fingerprint density at radius 1 is 0.818 bits per heavy atom. The number of nitrogens with zero attached hydrogens (tertiary/aromatic N) is 4. The van der Waals surface area contributed by atoms with E-state index in [9.17, 15) is 0 Å². The number of rotatable bonds is 1. The number of aromatic nitrogens is 6. The summed E-state index contributed by atoms with van der Waals surface area (Å²) in [6.45, 7) is 0. The van der Waals surface area contributed by atoms with E-state index >= 15 is 0 Å². The predicted octanol–water partition coefficient (Wildman–Crippen LogP) is 3.05. The van der Waals surface area contributed by atoms with Crippen molar-refractivity contribution in [3.63, 3.8) is 0 Å². The monoisotopic (exact) mass is 286 g/mol. The normalized spacial score (nSPS) is 11.6. The van der Waals surface area contributed by atoms with Crippen molar-refractivity contribution in [1.82, 2.24) is 30.1 Å². The lowest BCUT2D eigenvalue weighted by atomic mass is 10.2. The highest BCUT2D eigenvalue weighted by molar-refractivity contribution is 5.93. The summed E-state index contributed by atoms with van der Waals surface area (Å²) in [6.07, 6.45) is 3.62. The molecule has 0 saturated carbocycles. The highest BCUT2D eigenvalue weighted by Gasteiger charge is 2.11. The fraction of sp³-hybridized carbons (Fsp3) is 0. The van der Waals surface area contributed by atoms with Gasteiger partial charge in [-0.2, -0.15) is 0 Å². The number of aromatic amines is 2. The Bertz CT molecular complexity index is 1090. The van der Waals surface area contributed by atoms with Crippen LogP contribution in [-0.4, -0.2) is 30.1 Å². The Labute approximate surface area is 124 Å². The van der Waals surface area contributed by atoms with E-state index in [2.05, 4.69) is 30.1 Å². The number of hydrogen-bond donors (Lipinski definition) is 2. The van der Waals surface area contributed by atoms with Crippen molar-refractivity contribution >= 4 is 33.0 Å². The molecule has 3 aromatic heterocycles. The maximum atomic E-state index is 4.60. The summed E-state index contributed by atoms with van der Waals surface area (Å²) in [5, 5.41) is 7.10. The van der Waals surface area contributed by atoms with Crippen LogP contribution in [0.25, 0.3) is 44.5 Å². The van der Waals surface area contributed by atoms with Crippen LogP contribution in [0, 0.1) is 0 Å². The molecule has 0 fully saturated rings. The highest BCUT2D eigenvalue weighted by Crippen LogP contribution is 2.23. The molecule has 6 heteroatoms. The van der Waals surface area contributed by atoms with Gasteiger partial charge in [-0.05, 0) is 24.3 Å². The fourth-order valence-electron chi connectivity index (χ4n) is 2.62. The van der Waals surface area contributed by atoms with Gasteiger partial charge in [0, 0.05) is 11.6 Å². The minimum absolute atomic E-state index is 0.602. The van der Waals surface area contributed by atoms with Gasteiger partial charge in [0.05, 0.1) is 33.8 Å². The molecule has 0 atom stereocenters. The minimum atomic E-state index is 0.602. The summed E-state index contributed by atoms with van der Waals surface area (Å²) in [5.41, 5.74) is 5.09. The van der Waals surface area contributed by atoms with E-state index in [1.54, 1.807) is 6.20 Å². The van der Waals surface area contributed by atoms with E-state index in [0.29, 0.717) is 11.5 Å². The van der Waals surface area contributed by atoms with Crippen LogP contribution in [0.1, 0.15) is 0 Å². The van der Waals surface area contributed by atoms with Crippen LogP contribution in [0.15, 0.2) is 48.8 Å². The lowest BCUT2D eigenvalue weighted by Crippen LogP contribution is -1.89. The molecule has 6 nitrogen and oxygen atoms in total. The number of fused-ring (bicyclic) bond motifs is 3. The Morgan fingerprint density at radius 2 is 1.64 bits per heavy atom. The summed E-state index contributed by atoms with van der Waals surface area (Å²) in [6, 6.07) is 11.8. The third kappa shape index (κ3) is 1.61. The third-order valence-corrected chi connectivity index (χ3v) is 3.71. The molecule has 0 bridgehead atoms. The summed E-state index contributed by atoms with van der Waals surface area (Å²) in [5.74, 6) is 0.602. The van der Waals surface area contributed by atoms with Crippen molar-refractivity contribution < 1.29 is 0 Å². The molecule has 5 rings (SSSR count). The molecule has 104 valence electrons. The Hall–Kier alpha value is -3.28. The average molecular weight is 286 g/mol. The maximum Gasteiger partial charge on any atom is 0.181 e. The number of H-pyrrole nitrogens is 2. The first-order valence-electron chi connectivity index (χ1n) is 6.92. The molecule has 0 saturated heterocycles. The van der Waals surface area contributed by atoms with E-state index in [-0.39, 0.29) is 0 Å². The van der Waals surface area contributed by atoms with Crippen LogP contribution in [0.2, 0.25) is 0 Å². The second-order valence-corrected chi connectivity index (χ2v) is 5.13. The molecule has 22 heavy (non-hydrogen) atoms. The molecule has 0 radical (unpaired) electrons. The molecular formula is C16H10N6. The second-order valence-electron chi connectivity index (χ2n) is 5.13. The Balaban J connectivity index is 1.73. The number of para-hydroxylation sites is 2. The molecule has 2 aromatic carbocycles. The summed E-state index contributed by atoms with van der Waals surface area (Å²) < 4.78 is 0. The van der Waals surface area contributed by atoms with Crippen LogP contribution >= 0.6 is 0 Å². The standard InChI is InChI=1S/C16H10N6/c1-2-4-11-10(3-1)17-8-15(19-11)16-20-13-5-9-7-18-22-12(9)6-14(13)21-16/h1-8,18,22H. The van der Waals surface area contributed by atoms with Crippen molar-refractivity contribution in [3.05, 3.63) is 48.8 Å². The third-order valence-electron chi connectivity index (χ3n) is 3.71. The van der Waals surface area contributed by atoms with Gasteiger partial charge in [0.1, 0.15) is 5.69 Å². The Kier molecular flexibility index (Phi) is 2.13. The largest absolute Gasteiger partial charge is 0.307 e. The zero-order valence-electron chi connectivity index (χ0n) is 11.4. The summed E-state index contributed by atoms with van der Waals surface area (Å²) in [7, 11) is 0. The molecule has 0 aliphatic heterocycles. The first-order valence-corrected chi connectivity index (χ1v) is 6.92. The van der Waals surface area contributed by atoms with Gasteiger partial charge in [-0.25, -0.2) is 15.0 Å². The van der Waals surface area contributed by atoms with Crippen LogP contribution in [0.3, 0.4) is 0 Å². The summed E-state index contributed by atoms with van der Waals surface area (Å²) in [4.78, 5) is 18.2. The van der Waals surface area contributed by atoms with Gasteiger partial charge in [0.25, 0.3) is 0 Å². The molecule has 0 aliphatic carbocycles. The lowest BCUT2D eigenvalue weighted by Gasteiger charge is -1.98. The molecule has 5 aromatic rings. The SMILES string of the molecule is c1ccc2nc(-c3nc4cc5c[nH][nH]c5cc4n3)cnc2c1. The van der Waals surface area contributed by atoms with Gasteiger partial charge in [0.15, 0.2) is 5.82 Å². The van der Waals surface area contributed by atoms with E-state index in [0.717, 1.165) is 33.0 Å². The van der Waals surface area contributed by atoms with E-state index in [1.165, 1.54) is 0 Å². The lowest BCUT2D eigenvalue weighted by molar-refractivity contribution is 1.12. The number of benzene rings is 2. The fourth-order valence-corrected chi connectivity index (χ4v) is 2.62. The van der Waals surface area contributed by atoms with E-state index in [4.69, 9.17) is 0 Å². The minimum Gasteiger partial charge on any atom is -0.307 e. The topological polar surface area (TPSA) is 83.1 Å². The quantitative estimate of drug-likeness (QED) is 0.496. The van der Waals surface area contributed by atoms with Gasteiger partial charge in [-0.15, -0.1) is 0 Å². The highest BCUT2D eigenvalue weighted by atomic mass is 15.1. The molecule has 0 unspecified atom stereocenters. The Morgan fingerprint density at radius 3 is 2.55 bits per heavy atom.